The highest BCUT2D eigenvalue weighted by Crippen LogP contribution is 2.17. The summed E-state index contributed by atoms with van der Waals surface area (Å²) >= 11 is 1.48. The van der Waals surface area contributed by atoms with Crippen molar-refractivity contribution in [1.82, 2.24) is 10.3 Å². The predicted octanol–water partition coefficient (Wildman–Crippen LogP) is 2.58. The van der Waals surface area contributed by atoms with Crippen LogP contribution in [0, 0.1) is 6.92 Å². The minimum Gasteiger partial charge on any atom is -0.387 e. The average molecular weight is 302 g/mol. The van der Waals surface area contributed by atoms with E-state index in [1.165, 1.54) is 11.8 Å². The minimum atomic E-state index is -0.711. The molecule has 1 heterocycles. The molecule has 21 heavy (non-hydrogen) atoms. The standard InChI is InChI=1S/C16H18N2O2S/c1-11-5-3-4-6-13(11)14(19)10-18-16(20)12-7-8-17-15(9-12)21-2/h3-9,14,19H,10H2,1-2H3,(H,18,20). The Morgan fingerprint density at radius 2 is 2.14 bits per heavy atom. The van der Waals surface area contributed by atoms with Crippen LogP contribution in [0.15, 0.2) is 47.6 Å². The van der Waals surface area contributed by atoms with Crippen molar-refractivity contribution in [2.45, 2.75) is 18.1 Å². The quantitative estimate of drug-likeness (QED) is 0.833. The van der Waals surface area contributed by atoms with Gasteiger partial charge in [-0.3, -0.25) is 4.79 Å². The number of amides is 1. The third-order valence-corrected chi connectivity index (χ3v) is 3.85. The van der Waals surface area contributed by atoms with Crippen LogP contribution in [0.25, 0.3) is 0 Å². The van der Waals surface area contributed by atoms with Crippen molar-refractivity contribution in [3.05, 3.63) is 59.3 Å². The van der Waals surface area contributed by atoms with Gasteiger partial charge in [-0.15, -0.1) is 11.8 Å². The van der Waals surface area contributed by atoms with Crippen LogP contribution in [0.1, 0.15) is 27.6 Å². The molecule has 0 aliphatic rings. The number of aliphatic hydroxyl groups excluding tert-OH is 1. The van der Waals surface area contributed by atoms with Crippen molar-refractivity contribution < 1.29 is 9.90 Å². The lowest BCUT2D eigenvalue weighted by molar-refractivity contribution is 0.0915. The zero-order valence-electron chi connectivity index (χ0n) is 12.0. The number of rotatable bonds is 5. The van der Waals surface area contributed by atoms with Gasteiger partial charge in [0.2, 0.25) is 0 Å². The summed E-state index contributed by atoms with van der Waals surface area (Å²) in [7, 11) is 0. The monoisotopic (exact) mass is 302 g/mol. The molecule has 0 aliphatic heterocycles. The van der Waals surface area contributed by atoms with Crippen molar-refractivity contribution >= 4 is 17.7 Å². The Bertz CT molecular complexity index is 631. The Balaban J connectivity index is 1.99. The molecule has 0 spiro atoms. The van der Waals surface area contributed by atoms with E-state index in [0.717, 1.165) is 16.2 Å². The number of pyridine rings is 1. The number of aryl methyl sites for hydroxylation is 1. The Morgan fingerprint density at radius 3 is 2.86 bits per heavy atom. The molecule has 2 N–H and O–H groups in total. The molecule has 110 valence electrons. The van der Waals surface area contributed by atoms with Crippen LogP contribution in [-0.4, -0.2) is 28.8 Å². The summed E-state index contributed by atoms with van der Waals surface area (Å²) in [6, 6.07) is 11.0. The number of carbonyl (C=O) groups excluding carboxylic acids is 1. The van der Waals surface area contributed by atoms with Crippen molar-refractivity contribution in [1.29, 1.82) is 0 Å². The van der Waals surface area contributed by atoms with E-state index in [1.54, 1.807) is 18.3 Å². The lowest BCUT2D eigenvalue weighted by Gasteiger charge is -2.14. The SMILES string of the molecule is CSc1cc(C(=O)NCC(O)c2ccccc2C)ccn1. The molecule has 0 bridgehead atoms. The Morgan fingerprint density at radius 1 is 1.38 bits per heavy atom. The third kappa shape index (κ3) is 4.06. The van der Waals surface area contributed by atoms with E-state index in [2.05, 4.69) is 10.3 Å². The molecule has 0 aliphatic carbocycles. The van der Waals surface area contributed by atoms with Gasteiger partial charge in [0.15, 0.2) is 0 Å². The molecular formula is C16H18N2O2S. The smallest absolute Gasteiger partial charge is 0.251 e. The van der Waals surface area contributed by atoms with E-state index in [1.807, 2.05) is 37.4 Å². The summed E-state index contributed by atoms with van der Waals surface area (Å²) in [6.07, 6.45) is 2.81. The van der Waals surface area contributed by atoms with Gasteiger partial charge in [0.1, 0.15) is 0 Å². The molecule has 0 fully saturated rings. The summed E-state index contributed by atoms with van der Waals surface area (Å²) < 4.78 is 0. The van der Waals surface area contributed by atoms with Gasteiger partial charge in [-0.1, -0.05) is 24.3 Å². The molecule has 2 rings (SSSR count). The molecule has 0 radical (unpaired) electrons. The van der Waals surface area contributed by atoms with E-state index in [4.69, 9.17) is 0 Å². The number of carbonyl (C=O) groups is 1. The van der Waals surface area contributed by atoms with Crippen LogP contribution in [0.4, 0.5) is 0 Å². The predicted molar refractivity (Wildman–Crippen MR) is 84.5 cm³/mol. The topological polar surface area (TPSA) is 62.2 Å². The minimum absolute atomic E-state index is 0.181. The summed E-state index contributed by atoms with van der Waals surface area (Å²) in [4.78, 5) is 16.2. The normalized spacial score (nSPS) is 12.0. The van der Waals surface area contributed by atoms with Gasteiger partial charge in [0, 0.05) is 18.3 Å². The number of thioether (sulfide) groups is 1. The summed E-state index contributed by atoms with van der Waals surface area (Å²) in [5.74, 6) is -0.208. The number of aliphatic hydroxyl groups is 1. The first-order valence-electron chi connectivity index (χ1n) is 6.63. The van der Waals surface area contributed by atoms with E-state index < -0.39 is 6.10 Å². The van der Waals surface area contributed by atoms with Gasteiger partial charge in [0.25, 0.3) is 5.91 Å². The number of aromatic nitrogens is 1. The van der Waals surface area contributed by atoms with Gasteiger partial charge >= 0.3 is 0 Å². The van der Waals surface area contributed by atoms with Crippen molar-refractivity contribution in [2.24, 2.45) is 0 Å². The van der Waals surface area contributed by atoms with Crippen molar-refractivity contribution in [2.75, 3.05) is 12.8 Å². The molecular weight excluding hydrogens is 284 g/mol. The van der Waals surface area contributed by atoms with Gasteiger partial charge in [0.05, 0.1) is 11.1 Å². The highest BCUT2D eigenvalue weighted by molar-refractivity contribution is 7.98. The van der Waals surface area contributed by atoms with E-state index in [9.17, 15) is 9.90 Å². The van der Waals surface area contributed by atoms with Crippen LogP contribution in [0.5, 0.6) is 0 Å². The first-order valence-corrected chi connectivity index (χ1v) is 7.86. The van der Waals surface area contributed by atoms with Gasteiger partial charge < -0.3 is 10.4 Å². The van der Waals surface area contributed by atoms with Crippen LogP contribution in [0.3, 0.4) is 0 Å². The molecule has 0 saturated heterocycles. The first-order chi connectivity index (χ1) is 10.1. The van der Waals surface area contributed by atoms with E-state index in [-0.39, 0.29) is 12.5 Å². The summed E-state index contributed by atoms with van der Waals surface area (Å²) in [5, 5.41) is 13.7. The maximum Gasteiger partial charge on any atom is 0.251 e. The van der Waals surface area contributed by atoms with E-state index >= 15 is 0 Å². The highest BCUT2D eigenvalue weighted by Gasteiger charge is 2.12. The molecule has 1 aromatic carbocycles. The van der Waals surface area contributed by atoms with Crippen molar-refractivity contribution in [3.63, 3.8) is 0 Å². The lowest BCUT2D eigenvalue weighted by atomic mass is 10.0. The second kappa shape index (κ2) is 7.24. The first kappa shape index (κ1) is 15.5. The van der Waals surface area contributed by atoms with Crippen molar-refractivity contribution in [3.8, 4) is 0 Å². The highest BCUT2D eigenvalue weighted by atomic mass is 32.2. The zero-order valence-corrected chi connectivity index (χ0v) is 12.9. The lowest BCUT2D eigenvalue weighted by Crippen LogP contribution is -2.28. The molecule has 1 amide bonds. The fourth-order valence-corrected chi connectivity index (χ4v) is 2.44. The maximum absolute atomic E-state index is 12.1. The van der Waals surface area contributed by atoms with E-state index in [0.29, 0.717) is 5.56 Å². The number of hydrogen-bond donors (Lipinski definition) is 2. The Hall–Kier alpha value is -1.85. The molecule has 1 aromatic heterocycles. The van der Waals surface area contributed by atoms with Crippen LogP contribution in [-0.2, 0) is 0 Å². The largest absolute Gasteiger partial charge is 0.387 e. The Kier molecular flexibility index (Phi) is 5.36. The number of benzene rings is 1. The number of nitrogens with one attached hydrogen (secondary N) is 1. The molecule has 2 aromatic rings. The second-order valence-electron chi connectivity index (χ2n) is 4.67. The molecule has 0 saturated carbocycles. The maximum atomic E-state index is 12.1. The van der Waals surface area contributed by atoms with Gasteiger partial charge in [-0.05, 0) is 36.4 Å². The molecule has 5 heteroatoms. The fraction of sp³-hybridized carbons (Fsp3) is 0.250. The Labute approximate surface area is 128 Å². The molecule has 4 nitrogen and oxygen atoms in total. The number of nitrogens with zero attached hydrogens (tertiary/aromatic N) is 1. The molecule has 1 atom stereocenters. The number of hydrogen-bond acceptors (Lipinski definition) is 4. The fourth-order valence-electron chi connectivity index (χ4n) is 2.02. The van der Waals surface area contributed by atoms with Crippen LogP contribution < -0.4 is 5.32 Å². The summed E-state index contributed by atoms with van der Waals surface area (Å²) in [5.41, 5.74) is 2.39. The molecule has 1 unspecified atom stereocenters. The van der Waals surface area contributed by atoms with Crippen LogP contribution in [0.2, 0.25) is 0 Å². The third-order valence-electron chi connectivity index (χ3n) is 3.21. The zero-order chi connectivity index (χ0) is 15.2. The summed E-state index contributed by atoms with van der Waals surface area (Å²) in [6.45, 7) is 2.12. The average Bonchev–Trinajstić information content (AvgIpc) is 2.52. The van der Waals surface area contributed by atoms with Crippen LogP contribution >= 0.6 is 11.8 Å². The van der Waals surface area contributed by atoms with Gasteiger partial charge in [-0.25, -0.2) is 4.98 Å². The van der Waals surface area contributed by atoms with Gasteiger partial charge in [-0.2, -0.15) is 0 Å². The second-order valence-corrected chi connectivity index (χ2v) is 5.50.